The van der Waals surface area contributed by atoms with Crippen LogP contribution in [0.15, 0.2) is 0 Å². The van der Waals surface area contributed by atoms with Crippen LogP contribution < -0.4 is 10.6 Å². The molecule has 1 saturated heterocycles. The molecule has 0 bridgehead atoms. The van der Waals surface area contributed by atoms with Crippen molar-refractivity contribution in [1.29, 1.82) is 0 Å². The van der Waals surface area contributed by atoms with Crippen molar-refractivity contribution in [3.63, 3.8) is 0 Å². The number of thioether (sulfide) groups is 1. The van der Waals surface area contributed by atoms with Crippen molar-refractivity contribution in [3.05, 3.63) is 0 Å². The Hall–Kier alpha value is -0.750. The molecule has 2 amide bonds. The molecule has 3 N–H and O–H groups in total. The van der Waals surface area contributed by atoms with Gasteiger partial charge in [-0.05, 0) is 26.7 Å². The molecule has 2 rings (SSSR count). The van der Waals surface area contributed by atoms with Gasteiger partial charge >= 0.3 is 0 Å². The molecule has 5 nitrogen and oxygen atoms in total. The second kappa shape index (κ2) is 5.93. The highest BCUT2D eigenvalue weighted by atomic mass is 32.2. The quantitative estimate of drug-likeness (QED) is 0.721. The Kier molecular flexibility index (Phi) is 4.64. The largest absolute Gasteiger partial charge is 0.394 e. The Balaban J connectivity index is 1.96. The molecule has 0 radical (unpaired) electrons. The van der Waals surface area contributed by atoms with Crippen molar-refractivity contribution in [3.8, 4) is 0 Å². The second-order valence-corrected chi connectivity index (χ2v) is 7.98. The van der Waals surface area contributed by atoms with E-state index in [0.29, 0.717) is 5.75 Å². The third-order valence-corrected chi connectivity index (χ3v) is 5.69. The van der Waals surface area contributed by atoms with Gasteiger partial charge in [0.1, 0.15) is 6.04 Å². The van der Waals surface area contributed by atoms with E-state index in [1.165, 1.54) is 11.8 Å². The summed E-state index contributed by atoms with van der Waals surface area (Å²) >= 11 is 1.50. The Bertz CT molecular complexity index is 392. The summed E-state index contributed by atoms with van der Waals surface area (Å²) in [5.41, 5.74) is -0.488. The monoisotopic (exact) mass is 300 g/mol. The first-order chi connectivity index (χ1) is 9.38. The molecule has 0 spiro atoms. The van der Waals surface area contributed by atoms with E-state index < -0.39 is 16.3 Å². The van der Waals surface area contributed by atoms with E-state index in [1.807, 2.05) is 13.8 Å². The van der Waals surface area contributed by atoms with Crippen molar-refractivity contribution >= 4 is 23.6 Å². The summed E-state index contributed by atoms with van der Waals surface area (Å²) in [6.07, 6.45) is 4.84. The number of carbonyl (C=O) groups excluding carboxylic acids is 2. The Labute approximate surface area is 124 Å². The molecule has 0 aromatic carbocycles. The third-order valence-electron chi connectivity index (χ3n) is 4.28. The fourth-order valence-electron chi connectivity index (χ4n) is 2.77. The minimum atomic E-state index is -0.495. The molecule has 1 aliphatic heterocycles. The standard InChI is InChI=1S/C14H24N2O3S/c1-13(2)12(19)15-10(8-20-13)11(18)16-14(9-17)6-4-3-5-7-14/h10,17H,3-9H2,1-2H3,(H,15,19)(H,16,18). The maximum Gasteiger partial charge on any atom is 0.243 e. The summed E-state index contributed by atoms with van der Waals surface area (Å²) in [4.78, 5) is 24.2. The van der Waals surface area contributed by atoms with Gasteiger partial charge in [0.05, 0.1) is 16.9 Å². The van der Waals surface area contributed by atoms with Crippen LogP contribution in [0.25, 0.3) is 0 Å². The van der Waals surface area contributed by atoms with Gasteiger partial charge in [-0.2, -0.15) is 0 Å². The molecule has 6 heteroatoms. The number of aliphatic hydroxyl groups excluding tert-OH is 1. The molecule has 20 heavy (non-hydrogen) atoms. The number of carbonyl (C=O) groups is 2. The van der Waals surface area contributed by atoms with Crippen LogP contribution in [0.1, 0.15) is 46.0 Å². The molecule has 1 atom stereocenters. The minimum absolute atomic E-state index is 0.0297. The summed E-state index contributed by atoms with van der Waals surface area (Å²) in [6, 6.07) is -0.495. The average molecular weight is 300 g/mol. The van der Waals surface area contributed by atoms with Crippen molar-refractivity contribution in [2.45, 2.75) is 62.3 Å². The van der Waals surface area contributed by atoms with E-state index in [-0.39, 0.29) is 18.4 Å². The zero-order valence-corrected chi connectivity index (χ0v) is 13.0. The summed E-state index contributed by atoms with van der Waals surface area (Å²) in [6.45, 7) is 3.69. The maximum absolute atomic E-state index is 12.3. The number of amides is 2. The SMILES string of the molecule is CC1(C)SCC(C(=O)NC2(CO)CCCCC2)NC1=O. The highest BCUT2D eigenvalue weighted by Crippen LogP contribution is 2.31. The Morgan fingerprint density at radius 2 is 2.05 bits per heavy atom. The molecular formula is C14H24N2O3S. The topological polar surface area (TPSA) is 78.4 Å². The van der Waals surface area contributed by atoms with Crippen LogP contribution in [-0.2, 0) is 9.59 Å². The molecule has 2 fully saturated rings. The molecule has 114 valence electrons. The molecular weight excluding hydrogens is 276 g/mol. The predicted molar refractivity (Wildman–Crippen MR) is 79.5 cm³/mol. The van der Waals surface area contributed by atoms with E-state index in [0.717, 1.165) is 32.1 Å². The number of nitrogens with one attached hydrogen (secondary N) is 2. The fraction of sp³-hybridized carbons (Fsp3) is 0.857. The Morgan fingerprint density at radius 3 is 2.60 bits per heavy atom. The maximum atomic E-state index is 12.3. The van der Waals surface area contributed by atoms with E-state index in [1.54, 1.807) is 0 Å². The molecule has 0 aromatic rings. The van der Waals surface area contributed by atoms with E-state index in [4.69, 9.17) is 0 Å². The first-order valence-corrected chi connectivity index (χ1v) is 8.25. The number of rotatable bonds is 3. The normalized spacial score (nSPS) is 28.6. The fourth-order valence-corrected chi connectivity index (χ4v) is 3.78. The van der Waals surface area contributed by atoms with E-state index >= 15 is 0 Å². The Morgan fingerprint density at radius 1 is 1.40 bits per heavy atom. The summed E-state index contributed by atoms with van der Waals surface area (Å²) in [7, 11) is 0. The molecule has 2 aliphatic rings. The summed E-state index contributed by atoms with van der Waals surface area (Å²) < 4.78 is -0.476. The van der Waals surface area contributed by atoms with Gasteiger partial charge in [-0.1, -0.05) is 19.3 Å². The van der Waals surface area contributed by atoms with Gasteiger partial charge in [0.2, 0.25) is 11.8 Å². The lowest BCUT2D eigenvalue weighted by atomic mass is 9.82. The van der Waals surface area contributed by atoms with Gasteiger partial charge in [0.25, 0.3) is 0 Å². The molecule has 0 aromatic heterocycles. The van der Waals surface area contributed by atoms with Crippen molar-refractivity contribution < 1.29 is 14.7 Å². The zero-order valence-electron chi connectivity index (χ0n) is 12.2. The minimum Gasteiger partial charge on any atom is -0.394 e. The van der Waals surface area contributed by atoms with Gasteiger partial charge in [0, 0.05) is 5.75 Å². The lowest BCUT2D eigenvalue weighted by Gasteiger charge is -2.39. The highest BCUT2D eigenvalue weighted by Gasteiger charge is 2.40. The number of hydrogen-bond donors (Lipinski definition) is 3. The summed E-state index contributed by atoms with van der Waals surface area (Å²) in [5.74, 6) is 0.305. The molecule has 1 saturated carbocycles. The van der Waals surface area contributed by atoms with Gasteiger partial charge in [-0.3, -0.25) is 9.59 Å². The van der Waals surface area contributed by atoms with E-state index in [9.17, 15) is 14.7 Å². The van der Waals surface area contributed by atoms with Crippen LogP contribution >= 0.6 is 11.8 Å². The number of hydrogen-bond acceptors (Lipinski definition) is 4. The summed E-state index contributed by atoms with van der Waals surface area (Å²) in [5, 5.41) is 15.4. The molecule has 1 unspecified atom stereocenters. The van der Waals surface area contributed by atoms with Crippen LogP contribution in [-0.4, -0.2) is 45.6 Å². The third kappa shape index (κ3) is 3.28. The van der Waals surface area contributed by atoms with Gasteiger partial charge < -0.3 is 15.7 Å². The van der Waals surface area contributed by atoms with Crippen molar-refractivity contribution in [2.75, 3.05) is 12.4 Å². The van der Waals surface area contributed by atoms with Gasteiger partial charge in [0.15, 0.2) is 0 Å². The van der Waals surface area contributed by atoms with Gasteiger partial charge in [-0.15, -0.1) is 11.8 Å². The van der Waals surface area contributed by atoms with Crippen molar-refractivity contribution in [2.24, 2.45) is 0 Å². The highest BCUT2D eigenvalue weighted by molar-refractivity contribution is 8.01. The predicted octanol–water partition coefficient (Wildman–Crippen LogP) is 0.808. The van der Waals surface area contributed by atoms with Crippen LogP contribution in [0.5, 0.6) is 0 Å². The molecule has 1 aliphatic carbocycles. The van der Waals surface area contributed by atoms with Crippen LogP contribution in [0, 0.1) is 0 Å². The smallest absolute Gasteiger partial charge is 0.243 e. The van der Waals surface area contributed by atoms with Crippen molar-refractivity contribution in [1.82, 2.24) is 10.6 Å². The first-order valence-electron chi connectivity index (χ1n) is 7.26. The van der Waals surface area contributed by atoms with Gasteiger partial charge in [-0.25, -0.2) is 0 Å². The number of aliphatic hydroxyl groups is 1. The molecule has 1 heterocycles. The van der Waals surface area contributed by atoms with Crippen LogP contribution in [0.3, 0.4) is 0 Å². The van der Waals surface area contributed by atoms with Crippen LogP contribution in [0.2, 0.25) is 0 Å². The van der Waals surface area contributed by atoms with E-state index in [2.05, 4.69) is 10.6 Å². The van der Waals surface area contributed by atoms with Crippen LogP contribution in [0.4, 0.5) is 0 Å². The lowest BCUT2D eigenvalue weighted by Crippen LogP contribution is -2.62. The lowest BCUT2D eigenvalue weighted by molar-refractivity contribution is -0.131. The second-order valence-electron chi connectivity index (χ2n) is 6.34. The first kappa shape index (κ1) is 15.6. The zero-order chi connectivity index (χ0) is 14.8. The average Bonchev–Trinajstić information content (AvgIpc) is 2.43.